The smallest absolute Gasteiger partial charge is 0.253 e. The monoisotopic (exact) mass is 417 g/mol. The molecule has 0 radical (unpaired) electrons. The van der Waals surface area contributed by atoms with Gasteiger partial charge in [0.05, 0.1) is 0 Å². The summed E-state index contributed by atoms with van der Waals surface area (Å²) < 4.78 is 0. The highest BCUT2D eigenvalue weighted by atomic mass is 16.2. The van der Waals surface area contributed by atoms with Crippen molar-refractivity contribution in [2.45, 2.75) is 40.2 Å². The first-order valence-electron chi connectivity index (χ1n) is 11.1. The lowest BCUT2D eigenvalue weighted by Gasteiger charge is -2.46. The number of nitrogens with zero attached hydrogens (tertiary/aromatic N) is 3. The van der Waals surface area contributed by atoms with Crippen molar-refractivity contribution in [2.75, 3.05) is 33.7 Å². The second kappa shape index (κ2) is 9.24. The van der Waals surface area contributed by atoms with Gasteiger partial charge in [-0.05, 0) is 54.1 Å². The summed E-state index contributed by atoms with van der Waals surface area (Å²) in [7, 11) is 3.57. The van der Waals surface area contributed by atoms with Crippen LogP contribution >= 0.6 is 0 Å². The molecule has 0 spiro atoms. The molecule has 0 N–H and O–H groups in total. The van der Waals surface area contributed by atoms with E-state index in [9.17, 15) is 4.79 Å². The molecule has 2 aromatic carbocycles. The number of hydrogen-bond acceptors (Lipinski definition) is 2. The first-order valence-corrected chi connectivity index (χ1v) is 11.1. The van der Waals surface area contributed by atoms with Crippen molar-refractivity contribution in [3.05, 3.63) is 71.1 Å². The maximum absolute atomic E-state index is 12.5. The number of likely N-dealkylation sites (tertiary alicyclic amines) is 1. The molecule has 1 heterocycles. The van der Waals surface area contributed by atoms with Crippen molar-refractivity contribution in [1.82, 2.24) is 9.80 Å². The lowest BCUT2D eigenvalue weighted by molar-refractivity contribution is 0.0173. The highest BCUT2D eigenvalue weighted by molar-refractivity contribution is 6.00. The average molecular weight is 418 g/mol. The summed E-state index contributed by atoms with van der Waals surface area (Å²) in [5.74, 6) is 0.0229. The molecule has 1 aliphatic heterocycles. The van der Waals surface area contributed by atoms with Gasteiger partial charge in [-0.25, -0.2) is 6.57 Å². The molecule has 0 bridgehead atoms. The maximum Gasteiger partial charge on any atom is 0.253 e. The van der Waals surface area contributed by atoms with E-state index < -0.39 is 0 Å². The van der Waals surface area contributed by atoms with Crippen LogP contribution in [-0.2, 0) is 6.54 Å². The minimum atomic E-state index is 0.0229. The zero-order valence-electron chi connectivity index (χ0n) is 19.6. The Morgan fingerprint density at radius 1 is 1.06 bits per heavy atom. The molecule has 0 saturated carbocycles. The molecule has 1 saturated heterocycles. The number of amides is 1. The van der Waals surface area contributed by atoms with E-state index in [1.807, 2.05) is 24.3 Å². The van der Waals surface area contributed by atoms with E-state index >= 15 is 0 Å². The van der Waals surface area contributed by atoms with Crippen LogP contribution in [0.25, 0.3) is 16.0 Å². The quantitative estimate of drug-likeness (QED) is 0.592. The van der Waals surface area contributed by atoms with Crippen molar-refractivity contribution >= 4 is 5.91 Å². The zero-order chi connectivity index (χ0) is 22.6. The van der Waals surface area contributed by atoms with Crippen LogP contribution < -0.4 is 0 Å². The van der Waals surface area contributed by atoms with Gasteiger partial charge in [0.25, 0.3) is 5.91 Å². The Bertz CT molecular complexity index is 940. The number of rotatable bonds is 5. The fourth-order valence-corrected chi connectivity index (χ4v) is 4.65. The van der Waals surface area contributed by atoms with E-state index in [1.54, 1.807) is 19.0 Å². The van der Waals surface area contributed by atoms with Crippen molar-refractivity contribution in [2.24, 2.45) is 10.8 Å². The van der Waals surface area contributed by atoms with E-state index in [1.165, 1.54) is 5.56 Å². The zero-order valence-corrected chi connectivity index (χ0v) is 19.6. The molecular formula is C27H35N3O. The molecule has 1 fully saturated rings. The largest absolute Gasteiger partial charge is 0.345 e. The van der Waals surface area contributed by atoms with Crippen molar-refractivity contribution in [3.63, 3.8) is 0 Å². The number of piperidine rings is 1. The number of carbonyl (C=O) groups is 1. The minimum absolute atomic E-state index is 0.0229. The van der Waals surface area contributed by atoms with Gasteiger partial charge in [-0.1, -0.05) is 63.2 Å². The molecule has 0 aromatic heterocycles. The molecule has 1 aliphatic rings. The van der Waals surface area contributed by atoms with Gasteiger partial charge in [0.15, 0.2) is 0 Å². The Morgan fingerprint density at radius 3 is 2.23 bits per heavy atom. The van der Waals surface area contributed by atoms with Crippen LogP contribution in [0.5, 0.6) is 0 Å². The van der Waals surface area contributed by atoms with E-state index in [4.69, 9.17) is 6.57 Å². The van der Waals surface area contributed by atoms with E-state index in [2.05, 4.69) is 54.8 Å². The van der Waals surface area contributed by atoms with Crippen molar-refractivity contribution < 1.29 is 4.79 Å². The molecule has 31 heavy (non-hydrogen) atoms. The van der Waals surface area contributed by atoms with Crippen LogP contribution in [0.1, 0.15) is 49.5 Å². The third-order valence-corrected chi connectivity index (χ3v) is 7.02. The van der Waals surface area contributed by atoms with Gasteiger partial charge < -0.3 is 9.74 Å². The molecule has 2 aromatic rings. The first kappa shape index (κ1) is 23.0. The van der Waals surface area contributed by atoms with Crippen LogP contribution in [0.2, 0.25) is 0 Å². The molecule has 4 heteroatoms. The summed E-state index contributed by atoms with van der Waals surface area (Å²) in [5.41, 5.74) is 4.33. The SMILES string of the molecule is [C-]#[N+]CC1(C(C)(C)C)CCN(Cc2ccc(-c3ccccc3C(=O)N(C)C)cc2)CC1. The third kappa shape index (κ3) is 4.99. The van der Waals surface area contributed by atoms with Crippen molar-refractivity contribution in [1.29, 1.82) is 0 Å². The predicted molar refractivity (Wildman–Crippen MR) is 128 cm³/mol. The van der Waals surface area contributed by atoms with Gasteiger partial charge in [-0.3, -0.25) is 9.69 Å². The first-order chi connectivity index (χ1) is 14.7. The Kier molecular flexibility index (Phi) is 6.86. The lowest BCUT2D eigenvalue weighted by Crippen LogP contribution is -2.47. The van der Waals surface area contributed by atoms with Crippen LogP contribution in [0.4, 0.5) is 0 Å². The summed E-state index contributed by atoms with van der Waals surface area (Å²) in [5, 5.41) is 0. The number of hydrogen-bond donors (Lipinski definition) is 0. The van der Waals surface area contributed by atoms with Gasteiger partial charge in [-0.15, -0.1) is 0 Å². The lowest BCUT2D eigenvalue weighted by atomic mass is 9.61. The van der Waals surface area contributed by atoms with E-state index in [-0.39, 0.29) is 16.7 Å². The fraction of sp³-hybridized carbons (Fsp3) is 0.481. The summed E-state index contributed by atoms with van der Waals surface area (Å²) in [6.45, 7) is 17.9. The predicted octanol–water partition coefficient (Wildman–Crippen LogP) is 5.60. The van der Waals surface area contributed by atoms with Crippen LogP contribution in [0, 0.1) is 17.4 Å². The third-order valence-electron chi connectivity index (χ3n) is 7.02. The molecule has 4 nitrogen and oxygen atoms in total. The normalized spacial score (nSPS) is 16.5. The topological polar surface area (TPSA) is 27.9 Å². The highest BCUT2D eigenvalue weighted by Crippen LogP contribution is 2.47. The minimum Gasteiger partial charge on any atom is -0.345 e. The van der Waals surface area contributed by atoms with Crippen LogP contribution in [-0.4, -0.2) is 49.4 Å². The molecule has 0 atom stereocenters. The van der Waals surface area contributed by atoms with E-state index in [0.29, 0.717) is 6.54 Å². The van der Waals surface area contributed by atoms with Crippen molar-refractivity contribution in [3.8, 4) is 11.1 Å². The summed E-state index contributed by atoms with van der Waals surface area (Å²) in [4.78, 5) is 20.4. The van der Waals surface area contributed by atoms with Gasteiger partial charge in [0, 0.05) is 31.6 Å². The molecule has 0 aliphatic carbocycles. The number of benzene rings is 2. The summed E-state index contributed by atoms with van der Waals surface area (Å²) in [6, 6.07) is 16.4. The van der Waals surface area contributed by atoms with E-state index in [0.717, 1.165) is 49.2 Å². The van der Waals surface area contributed by atoms with Gasteiger partial charge in [-0.2, -0.15) is 0 Å². The highest BCUT2D eigenvalue weighted by Gasteiger charge is 2.46. The van der Waals surface area contributed by atoms with Gasteiger partial charge in [0.1, 0.15) is 0 Å². The second-order valence-electron chi connectivity index (χ2n) is 10.1. The molecule has 1 amide bonds. The van der Waals surface area contributed by atoms with Gasteiger partial charge in [0.2, 0.25) is 6.54 Å². The Balaban J connectivity index is 1.70. The maximum atomic E-state index is 12.5. The molecular weight excluding hydrogens is 382 g/mol. The van der Waals surface area contributed by atoms with Crippen LogP contribution in [0.3, 0.4) is 0 Å². The Morgan fingerprint density at radius 2 is 1.68 bits per heavy atom. The van der Waals surface area contributed by atoms with Gasteiger partial charge >= 0.3 is 0 Å². The Hall–Kier alpha value is -2.64. The standard InChI is InChI=1S/C27H35N3O/c1-26(2,3)27(20-28-4)15-17-30(18-16-27)19-21-11-13-22(14-12-21)23-9-7-8-10-24(23)25(31)29(5)6/h7-14H,15-20H2,1-3,5-6H3. The summed E-state index contributed by atoms with van der Waals surface area (Å²) in [6.07, 6.45) is 2.16. The Labute approximate surface area is 187 Å². The molecule has 0 unspecified atom stereocenters. The van der Waals surface area contributed by atoms with Crippen LogP contribution in [0.15, 0.2) is 48.5 Å². The molecule has 3 rings (SSSR count). The molecule has 164 valence electrons. The number of carbonyl (C=O) groups excluding carboxylic acids is 1. The average Bonchev–Trinajstić information content (AvgIpc) is 2.74. The fourth-order valence-electron chi connectivity index (χ4n) is 4.65. The second-order valence-corrected chi connectivity index (χ2v) is 10.1. The summed E-state index contributed by atoms with van der Waals surface area (Å²) >= 11 is 0.